The van der Waals surface area contributed by atoms with Crippen LogP contribution >= 0.6 is 0 Å². The number of rotatable bonds is 6. The van der Waals surface area contributed by atoms with E-state index in [4.69, 9.17) is 9.15 Å². The first-order valence-corrected chi connectivity index (χ1v) is 8.55. The van der Waals surface area contributed by atoms with Crippen molar-refractivity contribution in [3.05, 3.63) is 53.5 Å². The van der Waals surface area contributed by atoms with Gasteiger partial charge < -0.3 is 19.6 Å². The zero-order valence-electron chi connectivity index (χ0n) is 14.4. The number of amides is 1. The summed E-state index contributed by atoms with van der Waals surface area (Å²) in [6.45, 7) is 5.57. The topological polar surface area (TPSA) is 74.9 Å². The third kappa shape index (κ3) is 4.61. The number of carbonyl (C=O) groups excluding carboxylic acids is 1. The lowest BCUT2D eigenvalue weighted by atomic mass is 10.1. The van der Waals surface area contributed by atoms with Crippen molar-refractivity contribution in [1.82, 2.24) is 10.2 Å². The lowest BCUT2D eigenvalue weighted by Crippen LogP contribution is -2.43. The van der Waals surface area contributed by atoms with Crippen molar-refractivity contribution in [2.45, 2.75) is 26.0 Å². The fourth-order valence-electron chi connectivity index (χ4n) is 3.05. The Bertz CT molecular complexity index is 699. The molecule has 0 saturated carbocycles. The number of hydrogen-bond acceptors (Lipinski definition) is 5. The number of nitrogens with zero attached hydrogens (tertiary/aromatic N) is 1. The number of morpholine rings is 1. The van der Waals surface area contributed by atoms with E-state index in [0.717, 1.165) is 31.6 Å². The zero-order valence-corrected chi connectivity index (χ0v) is 14.4. The van der Waals surface area contributed by atoms with Crippen LogP contribution in [-0.2, 0) is 11.3 Å². The van der Waals surface area contributed by atoms with Gasteiger partial charge in [-0.15, -0.1) is 0 Å². The van der Waals surface area contributed by atoms with Gasteiger partial charge in [-0.3, -0.25) is 9.69 Å². The lowest BCUT2D eigenvalue weighted by Gasteiger charge is -2.32. The molecule has 1 aliphatic heterocycles. The number of carbonyl (C=O) groups is 1. The highest BCUT2D eigenvalue weighted by Crippen LogP contribution is 2.19. The number of benzene rings is 1. The standard InChI is InChI=1S/C19H24N2O4/c1-14-17(3-2-4-18(14)22)19(23)20-7-5-16-12-21(8-10-25-16)11-15-6-9-24-13-15/h2-4,6,9,13,16,22H,5,7-8,10-12H2,1H3,(H,20,23). The second kappa shape index (κ2) is 8.18. The molecule has 0 radical (unpaired) electrons. The van der Waals surface area contributed by atoms with Gasteiger partial charge in [0.2, 0.25) is 0 Å². The minimum absolute atomic E-state index is 0.103. The van der Waals surface area contributed by atoms with Gasteiger partial charge in [0.25, 0.3) is 5.91 Å². The van der Waals surface area contributed by atoms with E-state index in [-0.39, 0.29) is 17.8 Å². The number of nitrogens with one attached hydrogen (secondary N) is 1. The Balaban J connectivity index is 1.45. The quantitative estimate of drug-likeness (QED) is 0.841. The molecular weight excluding hydrogens is 320 g/mol. The van der Waals surface area contributed by atoms with E-state index in [0.29, 0.717) is 24.3 Å². The van der Waals surface area contributed by atoms with Gasteiger partial charge >= 0.3 is 0 Å². The largest absolute Gasteiger partial charge is 0.508 e. The van der Waals surface area contributed by atoms with Crippen LogP contribution in [0.1, 0.15) is 27.9 Å². The van der Waals surface area contributed by atoms with Gasteiger partial charge in [-0.1, -0.05) is 6.07 Å². The normalized spacial score (nSPS) is 18.2. The Morgan fingerprint density at radius 2 is 2.28 bits per heavy atom. The van der Waals surface area contributed by atoms with E-state index in [1.165, 1.54) is 0 Å². The molecule has 1 aliphatic rings. The van der Waals surface area contributed by atoms with E-state index in [9.17, 15) is 9.90 Å². The average Bonchev–Trinajstić information content (AvgIpc) is 3.10. The van der Waals surface area contributed by atoms with Crippen LogP contribution in [0, 0.1) is 6.92 Å². The monoisotopic (exact) mass is 344 g/mol. The molecule has 2 aromatic rings. The summed E-state index contributed by atoms with van der Waals surface area (Å²) in [5.74, 6) is -0.0300. The highest BCUT2D eigenvalue weighted by Gasteiger charge is 2.21. The molecule has 1 aromatic carbocycles. The number of furan rings is 1. The summed E-state index contributed by atoms with van der Waals surface area (Å²) in [7, 11) is 0. The molecule has 1 amide bonds. The van der Waals surface area contributed by atoms with E-state index < -0.39 is 0 Å². The van der Waals surface area contributed by atoms with Crippen LogP contribution < -0.4 is 5.32 Å². The van der Waals surface area contributed by atoms with Crippen molar-refractivity contribution in [3.63, 3.8) is 0 Å². The number of aromatic hydroxyl groups is 1. The molecule has 134 valence electrons. The highest BCUT2D eigenvalue weighted by atomic mass is 16.5. The molecule has 0 bridgehead atoms. The van der Waals surface area contributed by atoms with Gasteiger partial charge in [0.1, 0.15) is 5.75 Å². The van der Waals surface area contributed by atoms with Crippen LogP contribution in [0.3, 0.4) is 0 Å². The molecule has 0 aliphatic carbocycles. The second-order valence-corrected chi connectivity index (χ2v) is 6.35. The molecule has 0 spiro atoms. The third-order valence-corrected chi connectivity index (χ3v) is 4.51. The highest BCUT2D eigenvalue weighted by molar-refractivity contribution is 5.96. The van der Waals surface area contributed by atoms with E-state index in [2.05, 4.69) is 10.2 Å². The first kappa shape index (κ1) is 17.5. The zero-order chi connectivity index (χ0) is 17.6. The molecule has 6 heteroatoms. The minimum Gasteiger partial charge on any atom is -0.508 e. The SMILES string of the molecule is Cc1c(O)cccc1C(=O)NCCC1CN(Cc2ccoc2)CCO1. The Labute approximate surface area is 147 Å². The number of hydrogen-bond donors (Lipinski definition) is 2. The predicted molar refractivity (Wildman–Crippen MR) is 93.5 cm³/mol. The van der Waals surface area contributed by atoms with Crippen molar-refractivity contribution in [3.8, 4) is 5.75 Å². The van der Waals surface area contributed by atoms with Gasteiger partial charge in [-0.2, -0.15) is 0 Å². The number of ether oxygens (including phenoxy) is 1. The van der Waals surface area contributed by atoms with Crippen molar-refractivity contribution >= 4 is 5.91 Å². The molecule has 1 aromatic heterocycles. The average molecular weight is 344 g/mol. The molecule has 1 atom stereocenters. The van der Waals surface area contributed by atoms with Crippen molar-refractivity contribution in [1.29, 1.82) is 0 Å². The second-order valence-electron chi connectivity index (χ2n) is 6.35. The molecule has 1 saturated heterocycles. The summed E-state index contributed by atoms with van der Waals surface area (Å²) in [5.41, 5.74) is 2.26. The molecule has 1 unspecified atom stereocenters. The van der Waals surface area contributed by atoms with Crippen LogP contribution in [0.15, 0.2) is 41.2 Å². The predicted octanol–water partition coefficient (Wildman–Crippen LogP) is 2.31. The summed E-state index contributed by atoms with van der Waals surface area (Å²) < 4.78 is 10.9. The van der Waals surface area contributed by atoms with Gasteiger partial charge in [0.15, 0.2) is 0 Å². The Hall–Kier alpha value is -2.31. The van der Waals surface area contributed by atoms with E-state index in [1.807, 2.05) is 6.07 Å². The fourth-order valence-corrected chi connectivity index (χ4v) is 3.05. The van der Waals surface area contributed by atoms with Gasteiger partial charge in [0, 0.05) is 42.9 Å². The summed E-state index contributed by atoms with van der Waals surface area (Å²) >= 11 is 0. The molecule has 6 nitrogen and oxygen atoms in total. The number of phenolic OH excluding ortho intramolecular Hbond substituents is 1. The smallest absolute Gasteiger partial charge is 0.251 e. The van der Waals surface area contributed by atoms with Crippen LogP contribution in [0.25, 0.3) is 0 Å². The molecule has 1 fully saturated rings. The van der Waals surface area contributed by atoms with Crippen LogP contribution in [0.4, 0.5) is 0 Å². The van der Waals surface area contributed by atoms with Gasteiger partial charge in [0.05, 0.1) is 25.2 Å². The Morgan fingerprint density at radius 3 is 3.08 bits per heavy atom. The first-order chi connectivity index (χ1) is 12.1. The first-order valence-electron chi connectivity index (χ1n) is 8.55. The number of phenols is 1. The molecule has 2 heterocycles. The van der Waals surface area contributed by atoms with Gasteiger partial charge in [-0.25, -0.2) is 0 Å². The minimum atomic E-state index is -0.167. The van der Waals surface area contributed by atoms with Crippen molar-refractivity contribution in [2.24, 2.45) is 0 Å². The summed E-state index contributed by atoms with van der Waals surface area (Å²) in [6.07, 6.45) is 4.31. The third-order valence-electron chi connectivity index (χ3n) is 4.51. The maximum absolute atomic E-state index is 12.3. The van der Waals surface area contributed by atoms with Gasteiger partial charge in [-0.05, 0) is 31.5 Å². The van der Waals surface area contributed by atoms with Crippen LogP contribution in [-0.4, -0.2) is 48.3 Å². The molecule has 3 rings (SSSR count). The summed E-state index contributed by atoms with van der Waals surface area (Å²) in [6, 6.07) is 6.95. The maximum atomic E-state index is 12.3. The molecule has 25 heavy (non-hydrogen) atoms. The van der Waals surface area contributed by atoms with Crippen molar-refractivity contribution < 1.29 is 19.1 Å². The summed E-state index contributed by atoms with van der Waals surface area (Å²) in [4.78, 5) is 14.6. The van der Waals surface area contributed by atoms with Crippen molar-refractivity contribution in [2.75, 3.05) is 26.2 Å². The lowest BCUT2D eigenvalue weighted by molar-refractivity contribution is -0.0342. The fraction of sp³-hybridized carbons (Fsp3) is 0.421. The van der Waals surface area contributed by atoms with E-state index >= 15 is 0 Å². The van der Waals surface area contributed by atoms with Crippen LogP contribution in [0.2, 0.25) is 0 Å². The van der Waals surface area contributed by atoms with E-state index in [1.54, 1.807) is 37.6 Å². The van der Waals surface area contributed by atoms with Crippen LogP contribution in [0.5, 0.6) is 5.75 Å². The Kier molecular flexibility index (Phi) is 5.73. The molecular formula is C19H24N2O4. The molecule has 2 N–H and O–H groups in total. The Morgan fingerprint density at radius 1 is 1.40 bits per heavy atom. The summed E-state index contributed by atoms with van der Waals surface area (Å²) in [5, 5.41) is 12.6. The maximum Gasteiger partial charge on any atom is 0.251 e.